The first-order valence-electron chi connectivity index (χ1n) is 8.40. The molecule has 5 rings (SSSR count). The average Bonchev–Trinajstić information content (AvgIpc) is 3.35. The SMILES string of the molecule is COC1Oc2ccccc2-c2oc(-c3ccccc3)c(-c3ccsc3)c21. The van der Waals surface area contributed by atoms with Crippen LogP contribution in [0, 0.1) is 0 Å². The number of benzene rings is 2. The third kappa shape index (κ3) is 2.30. The quantitative estimate of drug-likeness (QED) is 0.425. The second-order valence-electron chi connectivity index (χ2n) is 6.11. The summed E-state index contributed by atoms with van der Waals surface area (Å²) in [7, 11) is 1.66. The van der Waals surface area contributed by atoms with Crippen LogP contribution in [0.5, 0.6) is 5.75 Å². The Kier molecular flexibility index (Phi) is 3.66. The fraction of sp³-hybridized carbons (Fsp3) is 0.0909. The van der Waals surface area contributed by atoms with Gasteiger partial charge in [-0.1, -0.05) is 42.5 Å². The lowest BCUT2D eigenvalue weighted by Crippen LogP contribution is -2.15. The molecule has 128 valence electrons. The summed E-state index contributed by atoms with van der Waals surface area (Å²) >= 11 is 1.66. The highest BCUT2D eigenvalue weighted by molar-refractivity contribution is 7.08. The number of rotatable bonds is 3. The first-order valence-corrected chi connectivity index (χ1v) is 9.34. The van der Waals surface area contributed by atoms with Crippen molar-refractivity contribution in [1.82, 2.24) is 0 Å². The van der Waals surface area contributed by atoms with Crippen LogP contribution in [0.4, 0.5) is 0 Å². The van der Waals surface area contributed by atoms with Crippen LogP contribution in [0.2, 0.25) is 0 Å². The molecule has 0 aliphatic carbocycles. The maximum Gasteiger partial charge on any atom is 0.230 e. The van der Waals surface area contributed by atoms with Gasteiger partial charge in [0.1, 0.15) is 17.3 Å². The van der Waals surface area contributed by atoms with Crippen LogP contribution in [-0.4, -0.2) is 7.11 Å². The summed E-state index contributed by atoms with van der Waals surface area (Å²) in [5, 5.41) is 4.20. The molecule has 0 bridgehead atoms. The van der Waals surface area contributed by atoms with E-state index in [0.29, 0.717) is 0 Å². The van der Waals surface area contributed by atoms with Crippen molar-refractivity contribution in [2.45, 2.75) is 6.29 Å². The van der Waals surface area contributed by atoms with Crippen molar-refractivity contribution < 1.29 is 13.9 Å². The second-order valence-corrected chi connectivity index (χ2v) is 6.89. The van der Waals surface area contributed by atoms with Crippen molar-refractivity contribution in [3.63, 3.8) is 0 Å². The standard InChI is InChI=1S/C22H16O3S/c1-23-22-19-18(15-11-12-26-13-15)20(14-7-3-2-4-8-14)25-21(19)16-9-5-6-10-17(16)24-22/h2-13,22H,1H3. The Balaban J connectivity index is 1.85. The molecule has 2 aromatic heterocycles. The summed E-state index contributed by atoms with van der Waals surface area (Å²) < 4.78 is 18.3. The second kappa shape index (κ2) is 6.16. The van der Waals surface area contributed by atoms with Crippen molar-refractivity contribution in [2.75, 3.05) is 7.11 Å². The van der Waals surface area contributed by atoms with Gasteiger partial charge in [0.15, 0.2) is 0 Å². The Hall–Kier alpha value is -2.82. The zero-order chi connectivity index (χ0) is 17.5. The molecule has 1 unspecified atom stereocenters. The molecule has 0 fully saturated rings. The van der Waals surface area contributed by atoms with Crippen molar-refractivity contribution in [1.29, 1.82) is 0 Å². The topological polar surface area (TPSA) is 31.6 Å². The van der Waals surface area contributed by atoms with Gasteiger partial charge in [0.25, 0.3) is 0 Å². The first-order chi connectivity index (χ1) is 12.9. The Morgan fingerprint density at radius 1 is 0.885 bits per heavy atom. The number of hydrogen-bond donors (Lipinski definition) is 0. The largest absolute Gasteiger partial charge is 0.460 e. The van der Waals surface area contributed by atoms with Crippen LogP contribution in [-0.2, 0) is 4.74 Å². The Morgan fingerprint density at radius 3 is 2.46 bits per heavy atom. The minimum absolute atomic E-state index is 0.504. The molecule has 0 saturated carbocycles. The first kappa shape index (κ1) is 15.4. The Labute approximate surface area is 155 Å². The van der Waals surface area contributed by atoms with Gasteiger partial charge in [-0.25, -0.2) is 0 Å². The summed E-state index contributed by atoms with van der Waals surface area (Å²) in [6, 6.07) is 20.2. The summed E-state index contributed by atoms with van der Waals surface area (Å²) in [4.78, 5) is 0. The molecule has 2 aromatic carbocycles. The highest BCUT2D eigenvalue weighted by Crippen LogP contribution is 2.52. The van der Waals surface area contributed by atoms with E-state index in [4.69, 9.17) is 13.9 Å². The summed E-state index contributed by atoms with van der Waals surface area (Å²) in [6.07, 6.45) is -0.504. The maximum absolute atomic E-state index is 6.45. The molecule has 26 heavy (non-hydrogen) atoms. The van der Waals surface area contributed by atoms with Crippen molar-refractivity contribution >= 4 is 11.3 Å². The van der Waals surface area contributed by atoms with E-state index in [1.54, 1.807) is 18.4 Å². The number of methoxy groups -OCH3 is 1. The third-order valence-electron chi connectivity index (χ3n) is 4.61. The fourth-order valence-corrected chi connectivity index (χ4v) is 4.10. The summed E-state index contributed by atoms with van der Waals surface area (Å²) in [5.74, 6) is 2.44. The zero-order valence-corrected chi connectivity index (χ0v) is 15.0. The van der Waals surface area contributed by atoms with E-state index in [1.807, 2.05) is 42.5 Å². The van der Waals surface area contributed by atoms with E-state index in [-0.39, 0.29) is 0 Å². The summed E-state index contributed by atoms with van der Waals surface area (Å²) in [5.41, 5.74) is 5.09. The van der Waals surface area contributed by atoms with Gasteiger partial charge in [0, 0.05) is 18.2 Å². The number of para-hydroxylation sites is 1. The molecule has 1 aliphatic rings. The van der Waals surface area contributed by atoms with Gasteiger partial charge < -0.3 is 13.9 Å². The lowest BCUT2D eigenvalue weighted by Gasteiger charge is -2.25. The zero-order valence-electron chi connectivity index (χ0n) is 14.1. The van der Waals surface area contributed by atoms with Crippen molar-refractivity contribution in [3.05, 3.63) is 77.0 Å². The molecule has 4 heteroatoms. The van der Waals surface area contributed by atoms with Gasteiger partial charge in [-0.2, -0.15) is 11.3 Å². The monoisotopic (exact) mass is 360 g/mol. The van der Waals surface area contributed by atoms with Crippen LogP contribution < -0.4 is 4.74 Å². The van der Waals surface area contributed by atoms with Crippen LogP contribution in [0.15, 0.2) is 75.8 Å². The van der Waals surface area contributed by atoms with Crippen molar-refractivity contribution in [3.8, 4) is 39.5 Å². The molecular formula is C22H16O3S. The van der Waals surface area contributed by atoms with Crippen molar-refractivity contribution in [2.24, 2.45) is 0 Å². The number of ether oxygens (including phenoxy) is 2. The van der Waals surface area contributed by atoms with E-state index in [2.05, 4.69) is 29.0 Å². The molecule has 1 aliphatic heterocycles. The molecular weight excluding hydrogens is 344 g/mol. The van der Waals surface area contributed by atoms with Gasteiger partial charge >= 0.3 is 0 Å². The van der Waals surface area contributed by atoms with Gasteiger partial charge in [0.05, 0.1) is 11.1 Å². The average molecular weight is 360 g/mol. The lowest BCUT2D eigenvalue weighted by molar-refractivity contribution is -0.0579. The van der Waals surface area contributed by atoms with Crippen LogP contribution in [0.1, 0.15) is 11.9 Å². The molecule has 3 heterocycles. The molecule has 0 radical (unpaired) electrons. The number of thiophene rings is 1. The lowest BCUT2D eigenvalue weighted by atomic mass is 9.95. The minimum atomic E-state index is -0.504. The molecule has 4 aromatic rings. The normalized spacial score (nSPS) is 15.2. The van der Waals surface area contributed by atoms with Crippen LogP contribution in [0.3, 0.4) is 0 Å². The molecule has 3 nitrogen and oxygen atoms in total. The Morgan fingerprint density at radius 2 is 1.69 bits per heavy atom. The smallest absolute Gasteiger partial charge is 0.230 e. The molecule has 0 spiro atoms. The number of furan rings is 1. The van der Waals surface area contributed by atoms with E-state index in [9.17, 15) is 0 Å². The number of hydrogen-bond acceptors (Lipinski definition) is 4. The fourth-order valence-electron chi connectivity index (χ4n) is 3.45. The maximum atomic E-state index is 6.45. The van der Waals surface area contributed by atoms with E-state index in [1.165, 1.54) is 0 Å². The van der Waals surface area contributed by atoms with E-state index >= 15 is 0 Å². The molecule has 0 amide bonds. The van der Waals surface area contributed by atoms with E-state index in [0.717, 1.165) is 45.1 Å². The molecule has 0 N–H and O–H groups in total. The third-order valence-corrected chi connectivity index (χ3v) is 5.29. The van der Waals surface area contributed by atoms with E-state index < -0.39 is 6.29 Å². The Bertz CT molecular complexity index is 1050. The molecule has 0 saturated heterocycles. The summed E-state index contributed by atoms with van der Waals surface area (Å²) in [6.45, 7) is 0. The number of fused-ring (bicyclic) bond motifs is 3. The van der Waals surface area contributed by atoms with Gasteiger partial charge in [-0.3, -0.25) is 0 Å². The van der Waals surface area contributed by atoms with Crippen LogP contribution >= 0.6 is 11.3 Å². The predicted octanol–water partition coefficient (Wildman–Crippen LogP) is 6.38. The molecule has 1 atom stereocenters. The van der Waals surface area contributed by atoms with Gasteiger partial charge in [0.2, 0.25) is 6.29 Å². The minimum Gasteiger partial charge on any atom is -0.460 e. The van der Waals surface area contributed by atoms with Crippen LogP contribution in [0.25, 0.3) is 33.8 Å². The highest BCUT2D eigenvalue weighted by Gasteiger charge is 2.35. The van der Waals surface area contributed by atoms with Gasteiger partial charge in [-0.15, -0.1) is 0 Å². The van der Waals surface area contributed by atoms with Gasteiger partial charge in [-0.05, 0) is 34.5 Å². The predicted molar refractivity (Wildman–Crippen MR) is 103 cm³/mol. The highest BCUT2D eigenvalue weighted by atomic mass is 32.1.